The number of nitrogens with one attached hydrogen (secondary N) is 4. The lowest BCUT2D eigenvalue weighted by Gasteiger charge is -2.22. The van der Waals surface area contributed by atoms with Crippen LogP contribution < -0.4 is 21.3 Å². The van der Waals surface area contributed by atoms with Gasteiger partial charge in [-0.05, 0) is 7.05 Å². The second kappa shape index (κ2) is 11.6. The predicted molar refractivity (Wildman–Crippen MR) is 92.2 cm³/mol. The Morgan fingerprint density at radius 1 is 0.950 bits per heavy atom. The van der Waals surface area contributed by atoms with Crippen LogP contribution in [0.1, 0.15) is 0 Å². The van der Waals surface area contributed by atoms with E-state index in [-0.39, 0.29) is 23.6 Å². The molecule has 0 aromatic carbocycles. The zero-order valence-corrected chi connectivity index (χ0v) is 14.4. The molecule has 0 heterocycles. The monoisotopic (exact) mass is 340 g/mol. The predicted octanol–water partition coefficient (Wildman–Crippen LogP) is -1.45. The molecule has 4 N–H and O–H groups in total. The first-order valence-corrected chi connectivity index (χ1v) is 8.18. The molecule has 20 heavy (non-hydrogen) atoms. The Balaban J connectivity index is 4.42. The fraction of sp³-hybridized carbons (Fsp3) is 0.818. The van der Waals surface area contributed by atoms with Crippen molar-refractivity contribution >= 4 is 49.7 Å². The van der Waals surface area contributed by atoms with Gasteiger partial charge in [0.25, 0.3) is 0 Å². The first kappa shape index (κ1) is 19.9. The molecule has 0 aliphatic rings. The van der Waals surface area contributed by atoms with Crippen molar-refractivity contribution < 1.29 is 9.59 Å². The maximum Gasteiger partial charge on any atom is 0.243 e. The van der Waals surface area contributed by atoms with Gasteiger partial charge in [0.2, 0.25) is 11.8 Å². The molecule has 6 nitrogen and oxygen atoms in total. The molecule has 0 spiro atoms. The summed E-state index contributed by atoms with van der Waals surface area (Å²) in [6, 6.07) is -0.959. The molecule has 0 rings (SSSR count). The number of hydrogen-bond donors (Lipinski definition) is 7. The molecule has 0 aromatic rings. The molecule has 0 aliphatic carbocycles. The van der Waals surface area contributed by atoms with Crippen molar-refractivity contribution in [2.75, 3.05) is 37.9 Å². The van der Waals surface area contributed by atoms with Crippen LogP contribution in [0.3, 0.4) is 0 Å². The standard InChI is InChI=1S/C11H24N4O2S3/c1-12-7(4-18)3-14-8(5-19)11(17)15-9(6-20)10(16)13-2/h7-9,12,14,18-20H,3-6H2,1-2H3,(H,13,16)(H,15,17)/t7-,8+,9+/m1/s1. The molecular weight excluding hydrogens is 316 g/mol. The minimum atomic E-state index is -0.648. The summed E-state index contributed by atoms with van der Waals surface area (Å²) in [5.74, 6) is 0.691. The molecule has 2 amide bonds. The molecular formula is C11H24N4O2S3. The highest BCUT2D eigenvalue weighted by Crippen LogP contribution is 1.95. The Hall–Kier alpha value is -0.0900. The van der Waals surface area contributed by atoms with Gasteiger partial charge in [-0.2, -0.15) is 37.9 Å². The zero-order chi connectivity index (χ0) is 15.5. The van der Waals surface area contributed by atoms with Crippen LogP contribution in [0.25, 0.3) is 0 Å². The largest absolute Gasteiger partial charge is 0.357 e. The van der Waals surface area contributed by atoms with Crippen LogP contribution in [0.5, 0.6) is 0 Å². The summed E-state index contributed by atoms with van der Waals surface area (Å²) in [5.41, 5.74) is 0. The van der Waals surface area contributed by atoms with Gasteiger partial charge in [-0.25, -0.2) is 0 Å². The fourth-order valence-corrected chi connectivity index (χ4v) is 2.29. The number of amides is 2. The van der Waals surface area contributed by atoms with Gasteiger partial charge in [0.15, 0.2) is 0 Å². The van der Waals surface area contributed by atoms with Crippen molar-refractivity contribution in [3.05, 3.63) is 0 Å². The maximum absolute atomic E-state index is 12.1. The van der Waals surface area contributed by atoms with Gasteiger partial charge in [-0.15, -0.1) is 0 Å². The number of carbonyl (C=O) groups is 2. The smallest absolute Gasteiger partial charge is 0.243 e. The van der Waals surface area contributed by atoms with Gasteiger partial charge in [-0.3, -0.25) is 9.59 Å². The van der Waals surface area contributed by atoms with Gasteiger partial charge < -0.3 is 21.3 Å². The van der Waals surface area contributed by atoms with Crippen LogP contribution in [-0.4, -0.2) is 67.8 Å². The summed E-state index contributed by atoms with van der Waals surface area (Å²) in [6.07, 6.45) is 0. The SMILES string of the molecule is CNC(=O)[C@H](CS)NC(=O)[C@H](CS)NC[C@H](CS)NC. The lowest BCUT2D eigenvalue weighted by Crippen LogP contribution is -2.55. The van der Waals surface area contributed by atoms with E-state index in [1.54, 1.807) is 0 Å². The second-order valence-corrected chi connectivity index (χ2v) is 5.27. The average molecular weight is 341 g/mol. The van der Waals surface area contributed by atoms with Crippen LogP contribution >= 0.6 is 37.9 Å². The molecule has 9 heteroatoms. The van der Waals surface area contributed by atoms with Crippen LogP contribution in [0.15, 0.2) is 0 Å². The van der Waals surface area contributed by atoms with Crippen molar-refractivity contribution in [1.82, 2.24) is 21.3 Å². The van der Waals surface area contributed by atoms with Crippen molar-refractivity contribution in [3.63, 3.8) is 0 Å². The summed E-state index contributed by atoms with van der Waals surface area (Å²) in [7, 11) is 3.35. The third-order valence-corrected chi connectivity index (χ3v) is 3.97. The van der Waals surface area contributed by atoms with E-state index in [4.69, 9.17) is 0 Å². The van der Waals surface area contributed by atoms with Crippen molar-refractivity contribution in [2.24, 2.45) is 0 Å². The van der Waals surface area contributed by atoms with E-state index >= 15 is 0 Å². The Kier molecular flexibility index (Phi) is 11.5. The minimum Gasteiger partial charge on any atom is -0.357 e. The molecule has 0 aliphatic heterocycles. The van der Waals surface area contributed by atoms with E-state index < -0.39 is 12.1 Å². The third kappa shape index (κ3) is 7.07. The van der Waals surface area contributed by atoms with Crippen LogP contribution in [-0.2, 0) is 9.59 Å². The molecule has 0 aromatic heterocycles. The molecule has 0 radical (unpaired) electrons. The van der Waals surface area contributed by atoms with E-state index in [0.717, 1.165) is 0 Å². The molecule has 0 saturated carbocycles. The van der Waals surface area contributed by atoms with Crippen molar-refractivity contribution in [1.29, 1.82) is 0 Å². The molecule has 0 saturated heterocycles. The Bertz CT molecular complexity index is 303. The number of hydrogen-bond acceptors (Lipinski definition) is 7. The molecule has 118 valence electrons. The first-order chi connectivity index (χ1) is 9.53. The second-order valence-electron chi connectivity index (χ2n) is 4.17. The highest BCUT2D eigenvalue weighted by Gasteiger charge is 2.23. The summed E-state index contributed by atoms with van der Waals surface area (Å²) >= 11 is 12.4. The van der Waals surface area contributed by atoms with E-state index in [2.05, 4.69) is 59.2 Å². The van der Waals surface area contributed by atoms with Gasteiger partial charge in [-0.1, -0.05) is 0 Å². The highest BCUT2D eigenvalue weighted by molar-refractivity contribution is 7.80. The molecule has 0 bridgehead atoms. The lowest BCUT2D eigenvalue weighted by molar-refractivity contribution is -0.129. The van der Waals surface area contributed by atoms with Gasteiger partial charge in [0.1, 0.15) is 6.04 Å². The number of likely N-dealkylation sites (N-methyl/N-ethyl adjacent to an activating group) is 2. The van der Waals surface area contributed by atoms with Crippen LogP contribution in [0.2, 0.25) is 0 Å². The third-order valence-electron chi connectivity index (χ3n) is 2.80. The normalized spacial score (nSPS) is 15.2. The number of carbonyl (C=O) groups excluding carboxylic acids is 2. The minimum absolute atomic E-state index is 0.160. The molecule has 0 unspecified atom stereocenters. The van der Waals surface area contributed by atoms with E-state index in [0.29, 0.717) is 18.1 Å². The Labute approximate surface area is 136 Å². The first-order valence-electron chi connectivity index (χ1n) is 6.29. The number of thiol groups is 3. The lowest BCUT2D eigenvalue weighted by atomic mass is 10.2. The zero-order valence-electron chi connectivity index (χ0n) is 11.7. The maximum atomic E-state index is 12.1. The van der Waals surface area contributed by atoms with E-state index in [1.807, 2.05) is 7.05 Å². The van der Waals surface area contributed by atoms with Gasteiger partial charge >= 0.3 is 0 Å². The summed E-state index contributed by atoms with van der Waals surface area (Å²) in [4.78, 5) is 23.6. The molecule has 0 fully saturated rings. The molecule has 3 atom stereocenters. The van der Waals surface area contributed by atoms with Crippen molar-refractivity contribution in [3.8, 4) is 0 Å². The summed E-state index contributed by atoms with van der Waals surface area (Å²) in [5, 5.41) is 11.3. The van der Waals surface area contributed by atoms with Crippen LogP contribution in [0, 0.1) is 0 Å². The topological polar surface area (TPSA) is 82.3 Å². The van der Waals surface area contributed by atoms with E-state index in [9.17, 15) is 9.59 Å². The summed E-state index contributed by atoms with van der Waals surface area (Å²) in [6.45, 7) is 0.587. The average Bonchev–Trinajstić information content (AvgIpc) is 2.48. The Morgan fingerprint density at radius 2 is 1.55 bits per heavy atom. The fourth-order valence-electron chi connectivity index (χ4n) is 1.42. The van der Waals surface area contributed by atoms with E-state index in [1.165, 1.54) is 7.05 Å². The highest BCUT2D eigenvalue weighted by atomic mass is 32.1. The Morgan fingerprint density at radius 3 is 1.95 bits per heavy atom. The summed E-state index contributed by atoms with van der Waals surface area (Å²) < 4.78 is 0. The van der Waals surface area contributed by atoms with Gasteiger partial charge in [0.05, 0.1) is 6.04 Å². The van der Waals surface area contributed by atoms with Crippen molar-refractivity contribution in [2.45, 2.75) is 18.1 Å². The van der Waals surface area contributed by atoms with Gasteiger partial charge in [0, 0.05) is 36.9 Å². The number of rotatable bonds is 10. The quantitative estimate of drug-likeness (QED) is 0.248. The van der Waals surface area contributed by atoms with Crippen LogP contribution in [0.4, 0.5) is 0 Å².